The number of amides is 1. The molecule has 1 amide bonds. The summed E-state index contributed by atoms with van der Waals surface area (Å²) in [5.74, 6) is 1.07. The van der Waals surface area contributed by atoms with Crippen LogP contribution in [0.4, 0.5) is 4.39 Å². The van der Waals surface area contributed by atoms with E-state index in [9.17, 15) is 9.18 Å². The van der Waals surface area contributed by atoms with Gasteiger partial charge in [-0.25, -0.2) is 4.39 Å². The van der Waals surface area contributed by atoms with Crippen LogP contribution in [0.1, 0.15) is 17.5 Å². The predicted molar refractivity (Wildman–Crippen MR) is 91.0 cm³/mol. The lowest BCUT2D eigenvalue weighted by atomic mass is 10.1. The molecule has 0 aliphatic rings. The molecule has 5 heteroatoms. The molecule has 2 aromatic rings. The SMILES string of the molecule is COc1ccc(CCC(=O)NCCc2ccc(F)cc2)cc1OC. The van der Waals surface area contributed by atoms with Crippen molar-refractivity contribution in [3.63, 3.8) is 0 Å². The van der Waals surface area contributed by atoms with E-state index in [1.54, 1.807) is 26.4 Å². The van der Waals surface area contributed by atoms with Gasteiger partial charge in [-0.1, -0.05) is 18.2 Å². The number of rotatable bonds is 8. The molecular formula is C19H22FNO3. The lowest BCUT2D eigenvalue weighted by molar-refractivity contribution is -0.121. The minimum atomic E-state index is -0.252. The smallest absolute Gasteiger partial charge is 0.220 e. The Kier molecular flexibility index (Phi) is 6.61. The summed E-state index contributed by atoms with van der Waals surface area (Å²) in [7, 11) is 3.18. The van der Waals surface area contributed by atoms with Gasteiger partial charge in [-0.2, -0.15) is 0 Å². The van der Waals surface area contributed by atoms with Gasteiger partial charge in [0, 0.05) is 13.0 Å². The van der Waals surface area contributed by atoms with Crippen molar-refractivity contribution in [2.75, 3.05) is 20.8 Å². The van der Waals surface area contributed by atoms with Gasteiger partial charge in [0.2, 0.25) is 5.91 Å². The normalized spacial score (nSPS) is 10.3. The van der Waals surface area contributed by atoms with Gasteiger partial charge >= 0.3 is 0 Å². The lowest BCUT2D eigenvalue weighted by Gasteiger charge is -2.10. The van der Waals surface area contributed by atoms with Crippen LogP contribution in [0.3, 0.4) is 0 Å². The number of halogens is 1. The first-order valence-corrected chi connectivity index (χ1v) is 7.84. The van der Waals surface area contributed by atoms with Crippen molar-refractivity contribution in [2.24, 2.45) is 0 Å². The van der Waals surface area contributed by atoms with Crippen molar-refractivity contribution < 1.29 is 18.7 Å². The molecule has 0 atom stereocenters. The lowest BCUT2D eigenvalue weighted by Crippen LogP contribution is -2.25. The van der Waals surface area contributed by atoms with Crippen LogP contribution in [0, 0.1) is 5.82 Å². The maximum absolute atomic E-state index is 12.8. The highest BCUT2D eigenvalue weighted by Gasteiger charge is 2.07. The predicted octanol–water partition coefficient (Wildman–Crippen LogP) is 3.13. The Bertz CT molecular complexity index is 671. The van der Waals surface area contributed by atoms with E-state index in [1.807, 2.05) is 18.2 Å². The molecule has 128 valence electrons. The Morgan fingerprint density at radius 3 is 2.29 bits per heavy atom. The third-order valence-electron chi connectivity index (χ3n) is 3.74. The van der Waals surface area contributed by atoms with E-state index in [1.165, 1.54) is 12.1 Å². The number of benzene rings is 2. The molecule has 0 aliphatic heterocycles. The first kappa shape index (κ1) is 17.8. The molecule has 24 heavy (non-hydrogen) atoms. The minimum Gasteiger partial charge on any atom is -0.493 e. The summed E-state index contributed by atoms with van der Waals surface area (Å²) in [4.78, 5) is 11.9. The van der Waals surface area contributed by atoms with Gasteiger partial charge in [-0.05, 0) is 48.2 Å². The van der Waals surface area contributed by atoms with Crippen molar-refractivity contribution >= 4 is 5.91 Å². The molecule has 0 saturated heterocycles. The van der Waals surface area contributed by atoms with Crippen LogP contribution < -0.4 is 14.8 Å². The van der Waals surface area contributed by atoms with Crippen LogP contribution in [0.15, 0.2) is 42.5 Å². The molecule has 0 unspecified atom stereocenters. The maximum Gasteiger partial charge on any atom is 0.220 e. The average molecular weight is 331 g/mol. The first-order chi connectivity index (χ1) is 11.6. The number of carbonyl (C=O) groups excluding carboxylic acids is 1. The van der Waals surface area contributed by atoms with Gasteiger partial charge in [0.05, 0.1) is 14.2 Å². The minimum absolute atomic E-state index is 0.00750. The average Bonchev–Trinajstić information content (AvgIpc) is 2.61. The fraction of sp³-hybridized carbons (Fsp3) is 0.316. The molecule has 2 rings (SSSR count). The van der Waals surface area contributed by atoms with E-state index in [2.05, 4.69) is 5.32 Å². The number of hydrogen-bond donors (Lipinski definition) is 1. The van der Waals surface area contributed by atoms with Crippen LogP contribution in [0.25, 0.3) is 0 Å². The molecule has 0 radical (unpaired) electrons. The van der Waals surface area contributed by atoms with Gasteiger partial charge in [-0.15, -0.1) is 0 Å². The zero-order valence-electron chi connectivity index (χ0n) is 14.0. The Morgan fingerprint density at radius 1 is 0.958 bits per heavy atom. The fourth-order valence-corrected chi connectivity index (χ4v) is 2.38. The van der Waals surface area contributed by atoms with Crippen molar-refractivity contribution in [3.05, 3.63) is 59.4 Å². The fourth-order valence-electron chi connectivity index (χ4n) is 2.38. The molecule has 1 N–H and O–H groups in total. The van der Waals surface area contributed by atoms with E-state index < -0.39 is 0 Å². The van der Waals surface area contributed by atoms with Crippen molar-refractivity contribution in [1.29, 1.82) is 0 Å². The van der Waals surface area contributed by atoms with Crippen LogP contribution in [-0.2, 0) is 17.6 Å². The van der Waals surface area contributed by atoms with Crippen molar-refractivity contribution in [1.82, 2.24) is 5.32 Å². The van der Waals surface area contributed by atoms with E-state index in [0.29, 0.717) is 37.3 Å². The van der Waals surface area contributed by atoms with E-state index in [0.717, 1.165) is 11.1 Å². The number of hydrogen-bond acceptors (Lipinski definition) is 3. The van der Waals surface area contributed by atoms with Crippen molar-refractivity contribution in [3.8, 4) is 11.5 Å². The van der Waals surface area contributed by atoms with Gasteiger partial charge in [0.1, 0.15) is 5.82 Å². The zero-order chi connectivity index (χ0) is 17.4. The van der Waals surface area contributed by atoms with Crippen LogP contribution in [0.5, 0.6) is 11.5 Å². The Hall–Kier alpha value is -2.56. The zero-order valence-corrected chi connectivity index (χ0v) is 14.0. The second-order valence-corrected chi connectivity index (χ2v) is 5.42. The second kappa shape index (κ2) is 8.91. The molecule has 0 spiro atoms. The molecule has 0 fully saturated rings. The molecule has 0 aliphatic carbocycles. The van der Waals surface area contributed by atoms with Gasteiger partial charge in [0.25, 0.3) is 0 Å². The largest absolute Gasteiger partial charge is 0.493 e. The number of ether oxygens (including phenoxy) is 2. The molecule has 0 aromatic heterocycles. The summed E-state index contributed by atoms with van der Waals surface area (Å²) >= 11 is 0. The summed E-state index contributed by atoms with van der Waals surface area (Å²) < 4.78 is 23.3. The molecule has 2 aromatic carbocycles. The number of aryl methyl sites for hydroxylation is 1. The molecular weight excluding hydrogens is 309 g/mol. The highest BCUT2D eigenvalue weighted by molar-refractivity contribution is 5.76. The highest BCUT2D eigenvalue weighted by Crippen LogP contribution is 2.27. The monoisotopic (exact) mass is 331 g/mol. The van der Waals surface area contributed by atoms with Gasteiger partial charge in [0.15, 0.2) is 11.5 Å². The topological polar surface area (TPSA) is 47.6 Å². The van der Waals surface area contributed by atoms with Crippen LogP contribution in [-0.4, -0.2) is 26.7 Å². The van der Waals surface area contributed by atoms with Gasteiger partial charge in [-0.3, -0.25) is 4.79 Å². The number of methoxy groups -OCH3 is 2. The Balaban J connectivity index is 1.75. The Morgan fingerprint density at radius 2 is 1.62 bits per heavy atom. The summed E-state index contributed by atoms with van der Waals surface area (Å²) in [5, 5.41) is 2.88. The number of nitrogens with one attached hydrogen (secondary N) is 1. The van der Waals surface area contributed by atoms with Crippen molar-refractivity contribution in [2.45, 2.75) is 19.3 Å². The molecule has 0 saturated carbocycles. The highest BCUT2D eigenvalue weighted by atomic mass is 19.1. The summed E-state index contributed by atoms with van der Waals surface area (Å²) in [6.45, 7) is 0.538. The number of carbonyl (C=O) groups is 1. The van der Waals surface area contributed by atoms with Crippen LogP contribution in [0.2, 0.25) is 0 Å². The van der Waals surface area contributed by atoms with Crippen LogP contribution >= 0.6 is 0 Å². The molecule has 4 nitrogen and oxygen atoms in total. The quantitative estimate of drug-likeness (QED) is 0.808. The van der Waals surface area contributed by atoms with E-state index in [-0.39, 0.29) is 11.7 Å². The maximum atomic E-state index is 12.8. The Labute approximate surface area is 141 Å². The molecule has 0 heterocycles. The second-order valence-electron chi connectivity index (χ2n) is 5.42. The summed E-state index contributed by atoms with van der Waals surface area (Å²) in [6.07, 6.45) is 1.71. The standard InChI is InChI=1S/C19H22FNO3/c1-23-17-9-5-15(13-18(17)24-2)6-10-19(22)21-12-11-14-3-7-16(20)8-4-14/h3-5,7-9,13H,6,10-12H2,1-2H3,(H,21,22). The third kappa shape index (κ3) is 5.26. The first-order valence-electron chi connectivity index (χ1n) is 7.84. The third-order valence-corrected chi connectivity index (χ3v) is 3.74. The van der Waals surface area contributed by atoms with E-state index >= 15 is 0 Å². The van der Waals surface area contributed by atoms with Gasteiger partial charge < -0.3 is 14.8 Å². The summed E-state index contributed by atoms with van der Waals surface area (Å²) in [5.41, 5.74) is 2.01. The molecule has 0 bridgehead atoms. The van der Waals surface area contributed by atoms with E-state index in [4.69, 9.17) is 9.47 Å². The summed E-state index contributed by atoms with van der Waals surface area (Å²) in [6, 6.07) is 11.9.